The van der Waals surface area contributed by atoms with E-state index in [2.05, 4.69) is 36.4 Å². The highest BCUT2D eigenvalue weighted by Crippen LogP contribution is 2.42. The molecule has 0 spiro atoms. The smallest absolute Gasteiger partial charge is 0.337 e. The average Bonchev–Trinajstić information content (AvgIpc) is 2.99. The number of rotatable bonds is 13. The van der Waals surface area contributed by atoms with Crippen LogP contribution in [0.25, 0.3) is 0 Å². The molecule has 0 fully saturated rings. The molecule has 5 nitrogen and oxygen atoms in total. The summed E-state index contributed by atoms with van der Waals surface area (Å²) in [4.78, 5) is 23.8. The van der Waals surface area contributed by atoms with Gasteiger partial charge in [0.2, 0.25) is 0 Å². The van der Waals surface area contributed by atoms with Gasteiger partial charge in [-0.3, -0.25) is 4.79 Å². The molecule has 3 aromatic rings. The van der Waals surface area contributed by atoms with Gasteiger partial charge in [-0.2, -0.15) is 0 Å². The highest BCUT2D eigenvalue weighted by atomic mass is 16.5. The number of para-hydroxylation sites is 1. The molecule has 0 saturated carbocycles. The van der Waals surface area contributed by atoms with Gasteiger partial charge in [-0.25, -0.2) is 4.79 Å². The highest BCUT2D eigenvalue weighted by Gasteiger charge is 2.28. The van der Waals surface area contributed by atoms with Gasteiger partial charge in [0.1, 0.15) is 12.4 Å². The normalized spacial score (nSPS) is 15.2. The summed E-state index contributed by atoms with van der Waals surface area (Å²) >= 11 is 0. The molecular formula is C34H40O5. The zero-order chi connectivity index (χ0) is 27.5. The van der Waals surface area contributed by atoms with E-state index in [-0.39, 0.29) is 11.9 Å². The molecule has 0 aromatic heterocycles. The van der Waals surface area contributed by atoms with E-state index in [1.54, 1.807) is 0 Å². The van der Waals surface area contributed by atoms with E-state index in [4.69, 9.17) is 14.2 Å². The van der Waals surface area contributed by atoms with Gasteiger partial charge in [0, 0.05) is 6.42 Å². The molecule has 0 amide bonds. The molecule has 39 heavy (non-hydrogen) atoms. The van der Waals surface area contributed by atoms with Crippen LogP contribution in [0.5, 0.6) is 5.75 Å². The van der Waals surface area contributed by atoms with Crippen molar-refractivity contribution in [1.82, 2.24) is 0 Å². The van der Waals surface area contributed by atoms with Crippen molar-refractivity contribution in [3.63, 3.8) is 0 Å². The van der Waals surface area contributed by atoms with Crippen LogP contribution < -0.4 is 4.74 Å². The van der Waals surface area contributed by atoms with E-state index in [1.807, 2.05) is 36.4 Å². The van der Waals surface area contributed by atoms with E-state index in [1.165, 1.54) is 30.9 Å². The lowest BCUT2D eigenvalue weighted by Crippen LogP contribution is -2.20. The second-order valence-electron chi connectivity index (χ2n) is 10.4. The summed E-state index contributed by atoms with van der Waals surface area (Å²) in [5.74, 6) is 1.40. The molecule has 0 radical (unpaired) electrons. The van der Waals surface area contributed by atoms with Gasteiger partial charge in [0.25, 0.3) is 0 Å². The third kappa shape index (κ3) is 7.95. The maximum absolute atomic E-state index is 12.1. The van der Waals surface area contributed by atoms with Crippen molar-refractivity contribution in [2.45, 2.75) is 70.3 Å². The fourth-order valence-electron chi connectivity index (χ4n) is 5.84. The summed E-state index contributed by atoms with van der Waals surface area (Å²) in [6.07, 6.45) is 8.53. The Morgan fingerprint density at radius 2 is 1.69 bits per heavy atom. The van der Waals surface area contributed by atoms with Crippen LogP contribution in [0.4, 0.5) is 0 Å². The number of methoxy groups -OCH3 is 2. The largest absolute Gasteiger partial charge is 0.489 e. The molecular weight excluding hydrogens is 488 g/mol. The van der Waals surface area contributed by atoms with Crippen molar-refractivity contribution in [2.24, 2.45) is 5.92 Å². The minimum absolute atomic E-state index is 0.144. The van der Waals surface area contributed by atoms with E-state index in [0.29, 0.717) is 30.4 Å². The molecule has 0 bridgehead atoms. The molecule has 0 N–H and O–H groups in total. The summed E-state index contributed by atoms with van der Waals surface area (Å²) in [5.41, 5.74) is 5.63. The molecule has 5 heteroatoms. The molecule has 2 unspecified atom stereocenters. The van der Waals surface area contributed by atoms with Crippen molar-refractivity contribution < 1.29 is 23.8 Å². The lowest BCUT2D eigenvalue weighted by molar-refractivity contribution is -0.140. The minimum atomic E-state index is -0.286. The molecule has 0 saturated heterocycles. The van der Waals surface area contributed by atoms with Gasteiger partial charge in [-0.05, 0) is 97.2 Å². The number of carbonyl (C=O) groups is 2. The van der Waals surface area contributed by atoms with Gasteiger partial charge in [-0.15, -0.1) is 0 Å². The van der Waals surface area contributed by atoms with Gasteiger partial charge in [0.15, 0.2) is 0 Å². The zero-order valence-corrected chi connectivity index (χ0v) is 23.2. The Morgan fingerprint density at radius 1 is 0.897 bits per heavy atom. The Balaban J connectivity index is 1.49. The van der Waals surface area contributed by atoms with Crippen LogP contribution in [-0.4, -0.2) is 26.2 Å². The SMILES string of the molecule is COC(=O)CCCCC(CCc1ccccc1OCc1ccccc1)C1CCCc2cc(C(=O)OC)ccc21. The fraction of sp³-hybridized carbons (Fsp3) is 0.412. The van der Waals surface area contributed by atoms with E-state index < -0.39 is 0 Å². The maximum atomic E-state index is 12.1. The maximum Gasteiger partial charge on any atom is 0.337 e. The Labute approximate surface area is 232 Å². The number of carbonyl (C=O) groups excluding carboxylic acids is 2. The minimum Gasteiger partial charge on any atom is -0.489 e. The molecule has 2 atom stereocenters. The standard InChI is InChI=1S/C34H40O5/c1-37-33(35)18-9-7-13-26(30-16-10-15-28-23-29(34(36)38-2)21-22-31(28)30)19-20-27-14-6-8-17-32(27)39-24-25-11-4-3-5-12-25/h3-6,8,11-12,14,17,21-23,26,30H,7,9-10,13,15-16,18-20,24H2,1-2H3. The predicted octanol–water partition coefficient (Wildman–Crippen LogP) is 7.45. The van der Waals surface area contributed by atoms with Crippen LogP contribution in [-0.2, 0) is 33.7 Å². The predicted molar refractivity (Wildman–Crippen MR) is 153 cm³/mol. The van der Waals surface area contributed by atoms with Crippen molar-refractivity contribution in [2.75, 3.05) is 14.2 Å². The summed E-state index contributed by atoms with van der Waals surface area (Å²) in [7, 11) is 2.88. The monoisotopic (exact) mass is 528 g/mol. The summed E-state index contributed by atoms with van der Waals surface area (Å²) in [6, 6.07) is 24.7. The number of aryl methyl sites for hydroxylation is 2. The van der Waals surface area contributed by atoms with Crippen LogP contribution in [0.3, 0.4) is 0 Å². The van der Waals surface area contributed by atoms with E-state index in [9.17, 15) is 9.59 Å². The van der Waals surface area contributed by atoms with Crippen molar-refractivity contribution in [3.8, 4) is 5.75 Å². The quantitative estimate of drug-likeness (QED) is 0.170. The number of unbranched alkanes of at least 4 members (excludes halogenated alkanes) is 1. The first-order chi connectivity index (χ1) is 19.1. The summed E-state index contributed by atoms with van der Waals surface area (Å²) in [5, 5.41) is 0. The van der Waals surface area contributed by atoms with Gasteiger partial charge < -0.3 is 14.2 Å². The topological polar surface area (TPSA) is 61.8 Å². The Bertz CT molecular complexity index is 1220. The van der Waals surface area contributed by atoms with Crippen molar-refractivity contribution in [3.05, 3.63) is 101 Å². The molecule has 1 aliphatic rings. The average molecular weight is 529 g/mol. The number of hydrogen-bond acceptors (Lipinski definition) is 5. The molecule has 4 rings (SSSR count). The summed E-state index contributed by atoms with van der Waals surface area (Å²) in [6.45, 7) is 0.549. The number of fused-ring (bicyclic) bond motifs is 1. The number of ether oxygens (including phenoxy) is 3. The Hall–Kier alpha value is -3.60. The second kappa shape index (κ2) is 14.5. The number of hydrogen-bond donors (Lipinski definition) is 0. The number of benzene rings is 3. The van der Waals surface area contributed by atoms with Crippen LogP contribution in [0, 0.1) is 5.92 Å². The van der Waals surface area contributed by atoms with Crippen molar-refractivity contribution in [1.29, 1.82) is 0 Å². The fourth-order valence-corrected chi connectivity index (χ4v) is 5.84. The number of esters is 2. The Morgan fingerprint density at radius 3 is 2.49 bits per heavy atom. The zero-order valence-electron chi connectivity index (χ0n) is 23.2. The first-order valence-electron chi connectivity index (χ1n) is 14.1. The lowest BCUT2D eigenvalue weighted by atomic mass is 9.72. The summed E-state index contributed by atoms with van der Waals surface area (Å²) < 4.78 is 16.0. The highest BCUT2D eigenvalue weighted by molar-refractivity contribution is 5.89. The van der Waals surface area contributed by atoms with Crippen LogP contribution >= 0.6 is 0 Å². The molecule has 0 aliphatic heterocycles. The Kier molecular flexibility index (Phi) is 10.6. The molecule has 3 aromatic carbocycles. The van der Waals surface area contributed by atoms with E-state index in [0.717, 1.165) is 62.7 Å². The first-order valence-corrected chi connectivity index (χ1v) is 14.1. The molecule has 206 valence electrons. The second-order valence-corrected chi connectivity index (χ2v) is 10.4. The van der Waals surface area contributed by atoms with Gasteiger partial charge in [0.05, 0.1) is 19.8 Å². The van der Waals surface area contributed by atoms with Gasteiger partial charge >= 0.3 is 11.9 Å². The molecule has 1 aliphatic carbocycles. The third-order valence-corrected chi connectivity index (χ3v) is 7.92. The third-order valence-electron chi connectivity index (χ3n) is 7.92. The van der Waals surface area contributed by atoms with Crippen molar-refractivity contribution >= 4 is 11.9 Å². The molecule has 0 heterocycles. The van der Waals surface area contributed by atoms with E-state index >= 15 is 0 Å². The van der Waals surface area contributed by atoms with Gasteiger partial charge in [-0.1, -0.05) is 61.0 Å². The lowest BCUT2D eigenvalue weighted by Gasteiger charge is -2.33. The van der Waals surface area contributed by atoms with Crippen LogP contribution in [0.2, 0.25) is 0 Å². The van der Waals surface area contributed by atoms with Crippen LogP contribution in [0.1, 0.15) is 83.5 Å². The van der Waals surface area contributed by atoms with Crippen LogP contribution in [0.15, 0.2) is 72.8 Å². The first kappa shape index (κ1) is 28.4.